The van der Waals surface area contributed by atoms with Gasteiger partial charge in [0.15, 0.2) is 0 Å². The highest BCUT2D eigenvalue weighted by atomic mass is 16.1. The fraction of sp³-hybridized carbons (Fsp3) is 0.133. The minimum atomic E-state index is -0.159. The van der Waals surface area contributed by atoms with Gasteiger partial charge in [-0.15, -0.1) is 0 Å². The van der Waals surface area contributed by atoms with Crippen molar-refractivity contribution in [2.45, 2.75) is 12.8 Å². The van der Waals surface area contributed by atoms with E-state index in [1.165, 1.54) is 11.6 Å². The van der Waals surface area contributed by atoms with E-state index in [4.69, 9.17) is 0 Å². The molecule has 5 heteroatoms. The van der Waals surface area contributed by atoms with E-state index in [1.807, 2.05) is 18.2 Å². The van der Waals surface area contributed by atoms with Gasteiger partial charge in [0, 0.05) is 18.5 Å². The summed E-state index contributed by atoms with van der Waals surface area (Å²) in [5.74, 6) is 0.450. The lowest BCUT2D eigenvalue weighted by Gasteiger charge is -2.04. The molecule has 0 bridgehead atoms. The van der Waals surface area contributed by atoms with Gasteiger partial charge in [0.1, 0.15) is 0 Å². The minimum absolute atomic E-state index is 0.159. The first-order chi connectivity index (χ1) is 9.81. The highest BCUT2D eigenvalue weighted by molar-refractivity contribution is 5.18. The second kappa shape index (κ2) is 5.52. The summed E-state index contributed by atoms with van der Waals surface area (Å²) in [6.07, 6.45) is 4.98. The average molecular weight is 266 g/mol. The Morgan fingerprint density at radius 1 is 1.10 bits per heavy atom. The van der Waals surface area contributed by atoms with Gasteiger partial charge < -0.3 is 0 Å². The molecule has 0 unspecified atom stereocenters. The second-order valence-electron chi connectivity index (χ2n) is 4.50. The molecule has 5 nitrogen and oxygen atoms in total. The van der Waals surface area contributed by atoms with E-state index in [-0.39, 0.29) is 5.56 Å². The molecule has 0 aliphatic carbocycles. The molecule has 0 aliphatic rings. The molecule has 2 aromatic heterocycles. The van der Waals surface area contributed by atoms with Gasteiger partial charge in [0.05, 0.1) is 5.69 Å². The third-order valence-corrected chi connectivity index (χ3v) is 3.02. The van der Waals surface area contributed by atoms with Crippen LogP contribution in [0.4, 0.5) is 0 Å². The van der Waals surface area contributed by atoms with Gasteiger partial charge >= 0.3 is 0 Å². The van der Waals surface area contributed by atoms with Crippen molar-refractivity contribution in [1.29, 1.82) is 0 Å². The third kappa shape index (κ3) is 2.83. The zero-order valence-corrected chi connectivity index (χ0v) is 10.9. The van der Waals surface area contributed by atoms with E-state index in [2.05, 4.69) is 27.2 Å². The molecule has 0 amide bonds. The first-order valence-electron chi connectivity index (χ1n) is 6.45. The number of nitrogens with one attached hydrogen (secondary N) is 1. The normalized spacial score (nSPS) is 10.6. The predicted molar refractivity (Wildman–Crippen MR) is 75.8 cm³/mol. The lowest BCUT2D eigenvalue weighted by atomic mass is 10.1. The fourth-order valence-electron chi connectivity index (χ4n) is 2.04. The summed E-state index contributed by atoms with van der Waals surface area (Å²) >= 11 is 0. The van der Waals surface area contributed by atoms with Gasteiger partial charge in [-0.05, 0) is 24.5 Å². The summed E-state index contributed by atoms with van der Waals surface area (Å²) in [5, 5.41) is 4.07. The zero-order chi connectivity index (χ0) is 13.8. The van der Waals surface area contributed by atoms with Gasteiger partial charge in [-0.25, -0.2) is 9.67 Å². The molecule has 3 aromatic rings. The zero-order valence-electron chi connectivity index (χ0n) is 10.9. The van der Waals surface area contributed by atoms with Crippen LogP contribution in [-0.2, 0) is 12.8 Å². The van der Waals surface area contributed by atoms with Crippen LogP contribution in [-0.4, -0.2) is 19.7 Å². The molecular formula is C15H14N4O. The van der Waals surface area contributed by atoms with Crippen LogP contribution < -0.4 is 5.56 Å². The van der Waals surface area contributed by atoms with Crippen LogP contribution in [0.1, 0.15) is 11.3 Å². The van der Waals surface area contributed by atoms with Crippen molar-refractivity contribution in [2.75, 3.05) is 0 Å². The second-order valence-corrected chi connectivity index (χ2v) is 4.50. The quantitative estimate of drug-likeness (QED) is 0.782. The Morgan fingerprint density at radius 2 is 1.95 bits per heavy atom. The molecule has 0 saturated heterocycles. The number of rotatable bonds is 4. The molecule has 0 fully saturated rings. The van der Waals surface area contributed by atoms with E-state index < -0.39 is 0 Å². The average Bonchev–Trinajstić information content (AvgIpc) is 3.00. The van der Waals surface area contributed by atoms with Crippen LogP contribution in [0.2, 0.25) is 0 Å². The van der Waals surface area contributed by atoms with Gasteiger partial charge in [0.25, 0.3) is 5.56 Å². The third-order valence-electron chi connectivity index (χ3n) is 3.02. The summed E-state index contributed by atoms with van der Waals surface area (Å²) in [7, 11) is 0. The SMILES string of the molecule is O=c1cc(CCc2ccccc2)nc(-n2cccn2)[nH]1. The number of benzene rings is 1. The summed E-state index contributed by atoms with van der Waals surface area (Å²) in [5.41, 5.74) is 1.84. The molecular weight excluding hydrogens is 252 g/mol. The molecule has 1 N–H and O–H groups in total. The molecule has 1 aromatic carbocycles. The van der Waals surface area contributed by atoms with E-state index in [0.29, 0.717) is 5.95 Å². The Labute approximate surface area is 115 Å². The van der Waals surface area contributed by atoms with Crippen molar-refractivity contribution in [3.05, 3.63) is 76.5 Å². The van der Waals surface area contributed by atoms with Crippen LogP contribution >= 0.6 is 0 Å². The van der Waals surface area contributed by atoms with E-state index in [9.17, 15) is 4.79 Å². The maximum atomic E-state index is 11.7. The van der Waals surface area contributed by atoms with Crippen LogP contribution in [0.25, 0.3) is 5.95 Å². The number of hydrogen-bond donors (Lipinski definition) is 1. The van der Waals surface area contributed by atoms with Gasteiger partial charge in [-0.2, -0.15) is 5.10 Å². The molecule has 20 heavy (non-hydrogen) atoms. The highest BCUT2D eigenvalue weighted by Gasteiger charge is 2.04. The van der Waals surface area contributed by atoms with Crippen molar-refractivity contribution in [2.24, 2.45) is 0 Å². The van der Waals surface area contributed by atoms with Crippen LogP contribution in [0.15, 0.2) is 59.7 Å². The number of H-pyrrole nitrogens is 1. The molecule has 0 atom stereocenters. The smallest absolute Gasteiger partial charge is 0.252 e. The maximum absolute atomic E-state index is 11.7. The Balaban J connectivity index is 1.82. The van der Waals surface area contributed by atoms with E-state index >= 15 is 0 Å². The summed E-state index contributed by atoms with van der Waals surface area (Å²) in [4.78, 5) is 18.8. The number of nitrogens with zero attached hydrogens (tertiary/aromatic N) is 3. The summed E-state index contributed by atoms with van der Waals surface area (Å²) < 4.78 is 1.55. The maximum Gasteiger partial charge on any atom is 0.252 e. The van der Waals surface area contributed by atoms with Crippen molar-refractivity contribution in [3.8, 4) is 5.95 Å². The fourth-order valence-corrected chi connectivity index (χ4v) is 2.04. The summed E-state index contributed by atoms with van der Waals surface area (Å²) in [6, 6.07) is 13.5. The molecule has 2 heterocycles. The molecule has 0 spiro atoms. The van der Waals surface area contributed by atoms with Gasteiger partial charge in [-0.1, -0.05) is 30.3 Å². The first kappa shape index (κ1) is 12.3. The van der Waals surface area contributed by atoms with Gasteiger partial charge in [-0.3, -0.25) is 9.78 Å². The number of aromatic amines is 1. The molecule has 0 radical (unpaired) electrons. The lowest BCUT2D eigenvalue weighted by Crippen LogP contribution is -2.15. The van der Waals surface area contributed by atoms with E-state index in [0.717, 1.165) is 18.5 Å². The van der Waals surface area contributed by atoms with Gasteiger partial charge in [0.2, 0.25) is 5.95 Å². The van der Waals surface area contributed by atoms with Crippen LogP contribution in [0, 0.1) is 0 Å². The predicted octanol–water partition coefficient (Wildman–Crippen LogP) is 1.74. The van der Waals surface area contributed by atoms with Crippen LogP contribution in [0.5, 0.6) is 0 Å². The molecule has 0 aliphatic heterocycles. The van der Waals surface area contributed by atoms with Crippen LogP contribution in [0.3, 0.4) is 0 Å². The van der Waals surface area contributed by atoms with Crippen molar-refractivity contribution in [1.82, 2.24) is 19.7 Å². The number of hydrogen-bond acceptors (Lipinski definition) is 3. The Morgan fingerprint density at radius 3 is 2.70 bits per heavy atom. The number of aryl methyl sites for hydroxylation is 2. The largest absolute Gasteiger partial charge is 0.291 e. The monoisotopic (exact) mass is 266 g/mol. The first-order valence-corrected chi connectivity index (χ1v) is 6.45. The Bertz CT molecular complexity index is 732. The molecule has 3 rings (SSSR count). The number of aromatic nitrogens is 4. The Hall–Kier alpha value is -2.69. The minimum Gasteiger partial charge on any atom is -0.291 e. The van der Waals surface area contributed by atoms with E-state index in [1.54, 1.807) is 23.1 Å². The highest BCUT2D eigenvalue weighted by Crippen LogP contribution is 2.05. The standard InChI is InChI=1S/C15H14N4O/c20-14-11-13(8-7-12-5-2-1-3-6-12)17-15(18-14)19-10-4-9-16-19/h1-6,9-11H,7-8H2,(H,17,18,20). The Kier molecular flexibility index (Phi) is 3.41. The van der Waals surface area contributed by atoms with Crippen molar-refractivity contribution >= 4 is 0 Å². The summed E-state index contributed by atoms with van der Waals surface area (Å²) in [6.45, 7) is 0. The van der Waals surface area contributed by atoms with Crippen molar-refractivity contribution < 1.29 is 0 Å². The van der Waals surface area contributed by atoms with Crippen molar-refractivity contribution in [3.63, 3.8) is 0 Å². The molecule has 0 saturated carbocycles. The molecule has 100 valence electrons. The lowest BCUT2D eigenvalue weighted by molar-refractivity contribution is 0.777. The topological polar surface area (TPSA) is 63.6 Å².